The van der Waals surface area contributed by atoms with Crippen molar-refractivity contribution in [3.05, 3.63) is 65.7 Å². The maximum atomic E-state index is 14.0. The predicted molar refractivity (Wildman–Crippen MR) is 130 cm³/mol. The average Bonchev–Trinajstić information content (AvgIpc) is 3.30. The van der Waals surface area contributed by atoms with E-state index in [0.29, 0.717) is 12.5 Å². The molecule has 0 radical (unpaired) electrons. The second-order valence-corrected chi connectivity index (χ2v) is 9.55. The van der Waals surface area contributed by atoms with E-state index in [1.807, 2.05) is 13.0 Å². The standard InChI is InChI=1S/C27H34N4O2/c1-2-28-27(33)30-23-15-9-7-13-20(23)26(32)31-17-16-21-24(18-10-4-3-5-11-18)29-22-14-8-6-12-19(22)25(21)31/h3-6,8,10-12,14,20-21,23-25,29H,2,7,9,13,15-17H2,1H3,(H2,28,30,33)/t20-,21-,23+,24-,25-/m0/s1. The highest BCUT2D eigenvalue weighted by Crippen LogP contribution is 2.51. The molecule has 2 aromatic rings. The Morgan fingerprint density at radius 2 is 1.76 bits per heavy atom. The lowest BCUT2D eigenvalue weighted by molar-refractivity contribution is -0.138. The van der Waals surface area contributed by atoms with Crippen LogP contribution in [0.15, 0.2) is 54.6 Å². The zero-order valence-corrected chi connectivity index (χ0v) is 19.3. The monoisotopic (exact) mass is 446 g/mol. The molecule has 2 heterocycles. The molecule has 5 rings (SSSR count). The highest BCUT2D eigenvalue weighted by Gasteiger charge is 2.48. The molecule has 2 aliphatic heterocycles. The molecule has 2 fully saturated rings. The summed E-state index contributed by atoms with van der Waals surface area (Å²) in [6.45, 7) is 3.25. The number of benzene rings is 2. The van der Waals surface area contributed by atoms with Crippen LogP contribution in [0.2, 0.25) is 0 Å². The van der Waals surface area contributed by atoms with Gasteiger partial charge in [-0.15, -0.1) is 0 Å². The van der Waals surface area contributed by atoms with E-state index in [0.717, 1.165) is 44.3 Å². The number of amides is 3. The molecule has 6 nitrogen and oxygen atoms in total. The summed E-state index contributed by atoms with van der Waals surface area (Å²) in [5.74, 6) is 0.370. The van der Waals surface area contributed by atoms with Gasteiger partial charge in [0.2, 0.25) is 5.91 Å². The van der Waals surface area contributed by atoms with Gasteiger partial charge >= 0.3 is 6.03 Å². The maximum Gasteiger partial charge on any atom is 0.315 e. The van der Waals surface area contributed by atoms with Crippen LogP contribution < -0.4 is 16.0 Å². The van der Waals surface area contributed by atoms with E-state index in [9.17, 15) is 9.59 Å². The second-order valence-electron chi connectivity index (χ2n) is 9.55. The number of anilines is 1. The van der Waals surface area contributed by atoms with E-state index < -0.39 is 0 Å². The first-order chi connectivity index (χ1) is 16.2. The first-order valence-electron chi connectivity index (χ1n) is 12.4. The Kier molecular flexibility index (Phi) is 6.25. The third kappa shape index (κ3) is 4.19. The smallest absolute Gasteiger partial charge is 0.315 e. The average molecular weight is 447 g/mol. The maximum absolute atomic E-state index is 14.0. The lowest BCUT2D eigenvalue weighted by atomic mass is 9.79. The SMILES string of the molecule is CCNC(=O)N[C@@H]1CCCC[C@@H]1C(=O)N1CC[C@H]2[C@H](c3ccccc3)Nc3ccccc3[C@@H]21. The highest BCUT2D eigenvalue weighted by molar-refractivity contribution is 5.82. The molecule has 0 aromatic heterocycles. The van der Waals surface area contributed by atoms with Crippen molar-refractivity contribution in [2.45, 2.75) is 57.2 Å². The van der Waals surface area contributed by atoms with Crippen LogP contribution in [-0.2, 0) is 4.79 Å². The van der Waals surface area contributed by atoms with Gasteiger partial charge in [-0.3, -0.25) is 4.79 Å². The normalized spacial score (nSPS) is 28.3. The van der Waals surface area contributed by atoms with Gasteiger partial charge in [-0.2, -0.15) is 0 Å². The fourth-order valence-electron chi connectivity index (χ4n) is 6.16. The van der Waals surface area contributed by atoms with Crippen LogP contribution in [0.25, 0.3) is 0 Å². The van der Waals surface area contributed by atoms with Gasteiger partial charge in [-0.25, -0.2) is 4.79 Å². The molecule has 3 aliphatic rings. The van der Waals surface area contributed by atoms with Crippen LogP contribution in [0.4, 0.5) is 10.5 Å². The summed E-state index contributed by atoms with van der Waals surface area (Å²) >= 11 is 0. The molecule has 2 aromatic carbocycles. The number of carbonyl (C=O) groups is 2. The molecule has 0 bridgehead atoms. The lowest BCUT2D eigenvalue weighted by Gasteiger charge is -2.42. The van der Waals surface area contributed by atoms with Gasteiger partial charge in [0.15, 0.2) is 0 Å². The topological polar surface area (TPSA) is 73.5 Å². The number of likely N-dealkylation sites (tertiary alicyclic amines) is 1. The number of para-hydroxylation sites is 1. The number of urea groups is 1. The van der Waals surface area contributed by atoms with Crippen molar-refractivity contribution in [2.75, 3.05) is 18.4 Å². The Labute approximate surface area is 196 Å². The third-order valence-corrected chi connectivity index (χ3v) is 7.64. The number of nitrogens with one attached hydrogen (secondary N) is 3. The molecular weight excluding hydrogens is 412 g/mol. The quantitative estimate of drug-likeness (QED) is 0.642. The van der Waals surface area contributed by atoms with Crippen molar-refractivity contribution in [2.24, 2.45) is 11.8 Å². The van der Waals surface area contributed by atoms with E-state index in [2.05, 4.69) is 69.4 Å². The van der Waals surface area contributed by atoms with Crippen LogP contribution in [0.1, 0.15) is 62.2 Å². The molecule has 33 heavy (non-hydrogen) atoms. The zero-order valence-electron chi connectivity index (χ0n) is 19.3. The van der Waals surface area contributed by atoms with E-state index in [4.69, 9.17) is 0 Å². The Balaban J connectivity index is 1.43. The number of carbonyl (C=O) groups excluding carboxylic acids is 2. The fourth-order valence-corrected chi connectivity index (χ4v) is 6.16. The molecule has 174 valence electrons. The number of hydrogen-bond acceptors (Lipinski definition) is 3. The van der Waals surface area contributed by atoms with Crippen molar-refractivity contribution in [1.82, 2.24) is 15.5 Å². The van der Waals surface area contributed by atoms with Gasteiger partial charge in [0.25, 0.3) is 0 Å². The van der Waals surface area contributed by atoms with Crippen LogP contribution in [-0.4, -0.2) is 36.0 Å². The Bertz CT molecular complexity index is 995. The highest BCUT2D eigenvalue weighted by atomic mass is 16.2. The molecule has 6 heteroatoms. The van der Waals surface area contributed by atoms with Crippen molar-refractivity contribution >= 4 is 17.6 Å². The summed E-state index contributed by atoms with van der Waals surface area (Å²) in [5, 5.41) is 9.68. The molecule has 3 N–H and O–H groups in total. The van der Waals surface area contributed by atoms with Crippen LogP contribution in [0, 0.1) is 11.8 Å². The van der Waals surface area contributed by atoms with Gasteiger partial charge in [0, 0.05) is 30.7 Å². The number of fused-ring (bicyclic) bond motifs is 3. The molecule has 1 saturated carbocycles. The first kappa shape index (κ1) is 21.8. The van der Waals surface area contributed by atoms with Gasteiger partial charge in [-0.05, 0) is 43.4 Å². The molecule has 0 unspecified atom stereocenters. The molecule has 3 amide bonds. The largest absolute Gasteiger partial charge is 0.378 e. The summed E-state index contributed by atoms with van der Waals surface area (Å²) in [7, 11) is 0. The Morgan fingerprint density at radius 3 is 2.58 bits per heavy atom. The summed E-state index contributed by atoms with van der Waals surface area (Å²) in [6, 6.07) is 19.0. The summed E-state index contributed by atoms with van der Waals surface area (Å²) in [6.07, 6.45) is 4.76. The molecular formula is C27H34N4O2. The summed E-state index contributed by atoms with van der Waals surface area (Å²) in [4.78, 5) is 28.4. The van der Waals surface area contributed by atoms with E-state index in [1.165, 1.54) is 11.1 Å². The number of nitrogens with zero attached hydrogens (tertiary/aromatic N) is 1. The van der Waals surface area contributed by atoms with Gasteiger partial charge in [0.1, 0.15) is 0 Å². The minimum absolute atomic E-state index is 0.0622. The van der Waals surface area contributed by atoms with Gasteiger partial charge in [-0.1, -0.05) is 61.4 Å². The second kappa shape index (κ2) is 9.46. The predicted octanol–water partition coefficient (Wildman–Crippen LogP) is 4.62. The molecule has 5 atom stereocenters. The lowest BCUT2D eigenvalue weighted by Crippen LogP contribution is -2.52. The van der Waals surface area contributed by atoms with Crippen LogP contribution >= 0.6 is 0 Å². The van der Waals surface area contributed by atoms with Gasteiger partial charge in [0.05, 0.1) is 18.0 Å². The molecule has 1 saturated heterocycles. The van der Waals surface area contributed by atoms with Crippen LogP contribution in [0.5, 0.6) is 0 Å². The zero-order chi connectivity index (χ0) is 22.8. The molecule has 1 aliphatic carbocycles. The number of hydrogen-bond donors (Lipinski definition) is 3. The Morgan fingerprint density at radius 1 is 1.00 bits per heavy atom. The first-order valence-corrected chi connectivity index (χ1v) is 12.4. The minimum Gasteiger partial charge on any atom is -0.378 e. The van der Waals surface area contributed by atoms with Crippen molar-refractivity contribution in [1.29, 1.82) is 0 Å². The van der Waals surface area contributed by atoms with E-state index in [1.54, 1.807) is 0 Å². The van der Waals surface area contributed by atoms with Crippen molar-refractivity contribution in [3.63, 3.8) is 0 Å². The van der Waals surface area contributed by atoms with E-state index >= 15 is 0 Å². The summed E-state index contributed by atoms with van der Waals surface area (Å²) < 4.78 is 0. The van der Waals surface area contributed by atoms with E-state index in [-0.39, 0.29) is 36.0 Å². The third-order valence-electron chi connectivity index (χ3n) is 7.64. The Hall–Kier alpha value is -3.02. The van der Waals surface area contributed by atoms with Crippen molar-refractivity contribution < 1.29 is 9.59 Å². The van der Waals surface area contributed by atoms with Gasteiger partial charge < -0.3 is 20.9 Å². The summed E-state index contributed by atoms with van der Waals surface area (Å²) in [5.41, 5.74) is 3.60. The molecule has 0 spiro atoms. The minimum atomic E-state index is -0.169. The number of rotatable bonds is 4. The van der Waals surface area contributed by atoms with Crippen LogP contribution in [0.3, 0.4) is 0 Å². The van der Waals surface area contributed by atoms with Crippen molar-refractivity contribution in [3.8, 4) is 0 Å². The fraction of sp³-hybridized carbons (Fsp3) is 0.481.